The summed E-state index contributed by atoms with van der Waals surface area (Å²) < 4.78 is 7.71. The lowest BCUT2D eigenvalue weighted by atomic mass is 9.95. The molecule has 5 rings (SSSR count). The fourth-order valence-electron chi connectivity index (χ4n) is 5.18. The second kappa shape index (κ2) is 8.82. The summed E-state index contributed by atoms with van der Waals surface area (Å²) in [7, 11) is 0. The molecule has 0 unspecified atom stereocenters. The van der Waals surface area contributed by atoms with Gasteiger partial charge in [0.05, 0.1) is 23.7 Å². The Morgan fingerprint density at radius 3 is 2.33 bits per heavy atom. The van der Waals surface area contributed by atoms with Crippen molar-refractivity contribution in [2.45, 2.75) is 53.0 Å². The van der Waals surface area contributed by atoms with E-state index in [9.17, 15) is 4.79 Å². The van der Waals surface area contributed by atoms with Crippen LogP contribution in [-0.4, -0.2) is 47.8 Å². The molecule has 2 fully saturated rings. The fourth-order valence-corrected chi connectivity index (χ4v) is 5.18. The number of hydrogen-bond acceptors (Lipinski definition) is 4. The van der Waals surface area contributed by atoms with Gasteiger partial charge in [-0.05, 0) is 93.5 Å². The standard InChI is InChI=1S/C27H34N4O2/c1-17-11-18(2)13-23(12-17)31-25-15-20(4)19(3)14-24(25)29-27(31)30-8-5-21(6-9-30)26(32)28-22-7-10-33-16-22/h11-15,21-22H,5-10,16H2,1-4H3,(H,28,32)/t22-/m1/s1. The maximum Gasteiger partial charge on any atom is 0.223 e. The highest BCUT2D eigenvalue weighted by molar-refractivity contribution is 5.83. The average Bonchev–Trinajstić information content (AvgIpc) is 3.41. The number of nitrogens with zero attached hydrogens (tertiary/aromatic N) is 3. The molecule has 0 bridgehead atoms. The minimum Gasteiger partial charge on any atom is -0.379 e. The highest BCUT2D eigenvalue weighted by Crippen LogP contribution is 2.32. The van der Waals surface area contributed by atoms with Gasteiger partial charge in [-0.2, -0.15) is 0 Å². The Balaban J connectivity index is 1.45. The summed E-state index contributed by atoms with van der Waals surface area (Å²) in [6.07, 6.45) is 2.60. The van der Waals surface area contributed by atoms with Gasteiger partial charge in [0.2, 0.25) is 11.9 Å². The summed E-state index contributed by atoms with van der Waals surface area (Å²) in [6, 6.07) is 11.3. The van der Waals surface area contributed by atoms with Crippen molar-refractivity contribution in [3.8, 4) is 5.69 Å². The van der Waals surface area contributed by atoms with Crippen molar-refractivity contribution < 1.29 is 9.53 Å². The number of rotatable bonds is 4. The van der Waals surface area contributed by atoms with Crippen LogP contribution in [0.15, 0.2) is 30.3 Å². The van der Waals surface area contributed by atoms with Crippen LogP contribution >= 0.6 is 0 Å². The lowest BCUT2D eigenvalue weighted by molar-refractivity contribution is -0.126. The summed E-state index contributed by atoms with van der Waals surface area (Å²) in [5, 5.41) is 3.18. The third kappa shape index (κ3) is 4.36. The molecule has 1 N–H and O–H groups in total. The van der Waals surface area contributed by atoms with Crippen LogP contribution in [0.5, 0.6) is 0 Å². The van der Waals surface area contributed by atoms with Crippen molar-refractivity contribution in [1.29, 1.82) is 0 Å². The number of piperidine rings is 1. The van der Waals surface area contributed by atoms with E-state index in [4.69, 9.17) is 9.72 Å². The molecule has 6 heteroatoms. The van der Waals surface area contributed by atoms with Gasteiger partial charge < -0.3 is 15.0 Å². The molecule has 174 valence electrons. The van der Waals surface area contributed by atoms with Crippen LogP contribution < -0.4 is 10.2 Å². The Labute approximate surface area is 195 Å². The van der Waals surface area contributed by atoms with Crippen LogP contribution in [0.25, 0.3) is 16.7 Å². The first-order valence-electron chi connectivity index (χ1n) is 12.1. The monoisotopic (exact) mass is 446 g/mol. The SMILES string of the molecule is Cc1cc(C)cc(-n2c(N3CCC(C(=O)N[C@@H]4CCOC4)CC3)nc3cc(C)c(C)cc32)c1. The largest absolute Gasteiger partial charge is 0.379 e. The molecule has 1 atom stereocenters. The molecule has 1 aromatic heterocycles. The minimum atomic E-state index is 0.0605. The molecule has 2 saturated heterocycles. The molecule has 0 saturated carbocycles. The third-order valence-electron chi connectivity index (χ3n) is 7.14. The second-order valence-corrected chi connectivity index (χ2v) is 9.85. The van der Waals surface area contributed by atoms with Crippen molar-refractivity contribution in [2.75, 3.05) is 31.2 Å². The Kier molecular flexibility index (Phi) is 5.87. The lowest BCUT2D eigenvalue weighted by Crippen LogP contribution is -2.44. The van der Waals surface area contributed by atoms with Gasteiger partial charge >= 0.3 is 0 Å². The molecule has 0 aliphatic carbocycles. The minimum absolute atomic E-state index is 0.0605. The Hall–Kier alpha value is -2.86. The topological polar surface area (TPSA) is 59.4 Å². The zero-order valence-electron chi connectivity index (χ0n) is 20.1. The number of fused-ring (bicyclic) bond motifs is 1. The van der Waals surface area contributed by atoms with Gasteiger partial charge in [0.1, 0.15) is 0 Å². The first kappa shape index (κ1) is 22.0. The smallest absolute Gasteiger partial charge is 0.223 e. The number of nitrogens with one attached hydrogen (secondary N) is 1. The molecule has 2 aliphatic heterocycles. The summed E-state index contributed by atoms with van der Waals surface area (Å²) >= 11 is 0. The van der Waals surface area contributed by atoms with Crippen molar-refractivity contribution in [1.82, 2.24) is 14.9 Å². The van der Waals surface area contributed by atoms with Crippen LogP contribution in [0.4, 0.5) is 5.95 Å². The average molecular weight is 447 g/mol. The number of carbonyl (C=O) groups is 1. The molecule has 1 amide bonds. The van der Waals surface area contributed by atoms with Crippen molar-refractivity contribution >= 4 is 22.9 Å². The highest BCUT2D eigenvalue weighted by Gasteiger charge is 2.30. The predicted octanol–water partition coefficient (Wildman–Crippen LogP) is 4.38. The van der Waals surface area contributed by atoms with E-state index in [2.05, 4.69) is 72.8 Å². The van der Waals surface area contributed by atoms with Crippen molar-refractivity contribution in [3.63, 3.8) is 0 Å². The van der Waals surface area contributed by atoms with E-state index in [0.717, 1.165) is 61.6 Å². The number of hydrogen-bond donors (Lipinski definition) is 1. The Bertz CT molecular complexity index is 1160. The summed E-state index contributed by atoms with van der Waals surface area (Å²) in [5.41, 5.74) is 8.32. The Morgan fingerprint density at radius 1 is 0.970 bits per heavy atom. The number of imidazole rings is 1. The van der Waals surface area contributed by atoms with Gasteiger partial charge in [-0.3, -0.25) is 9.36 Å². The number of amides is 1. The predicted molar refractivity (Wildman–Crippen MR) is 132 cm³/mol. The first-order chi connectivity index (χ1) is 15.9. The van der Waals surface area contributed by atoms with E-state index >= 15 is 0 Å². The van der Waals surface area contributed by atoms with Gasteiger partial charge in [0, 0.05) is 31.3 Å². The van der Waals surface area contributed by atoms with Crippen LogP contribution in [-0.2, 0) is 9.53 Å². The molecule has 3 aromatic rings. The molecule has 0 radical (unpaired) electrons. The molecular weight excluding hydrogens is 412 g/mol. The summed E-state index contributed by atoms with van der Waals surface area (Å²) in [5.74, 6) is 1.22. The van der Waals surface area contributed by atoms with Gasteiger partial charge in [-0.25, -0.2) is 4.98 Å². The normalized spacial score (nSPS) is 19.4. The maximum absolute atomic E-state index is 12.8. The number of aryl methyl sites for hydroxylation is 4. The maximum atomic E-state index is 12.8. The van der Waals surface area contributed by atoms with Gasteiger partial charge in [-0.1, -0.05) is 6.07 Å². The number of benzene rings is 2. The summed E-state index contributed by atoms with van der Waals surface area (Å²) in [4.78, 5) is 20.2. The summed E-state index contributed by atoms with van der Waals surface area (Å²) in [6.45, 7) is 11.6. The van der Waals surface area contributed by atoms with E-state index in [1.807, 2.05) is 0 Å². The lowest BCUT2D eigenvalue weighted by Gasteiger charge is -2.33. The molecule has 33 heavy (non-hydrogen) atoms. The zero-order chi connectivity index (χ0) is 23.1. The molecular formula is C27H34N4O2. The van der Waals surface area contributed by atoms with E-state index in [-0.39, 0.29) is 17.9 Å². The van der Waals surface area contributed by atoms with Gasteiger partial charge in [0.25, 0.3) is 0 Å². The van der Waals surface area contributed by atoms with Gasteiger partial charge in [-0.15, -0.1) is 0 Å². The number of ether oxygens (including phenoxy) is 1. The Morgan fingerprint density at radius 2 is 1.67 bits per heavy atom. The van der Waals surface area contributed by atoms with E-state index in [1.54, 1.807) is 0 Å². The van der Waals surface area contributed by atoms with Crippen molar-refractivity contribution in [2.24, 2.45) is 5.92 Å². The third-order valence-corrected chi connectivity index (χ3v) is 7.14. The quantitative estimate of drug-likeness (QED) is 0.646. The van der Waals surface area contributed by atoms with Crippen LogP contribution in [0.1, 0.15) is 41.5 Å². The zero-order valence-corrected chi connectivity index (χ0v) is 20.1. The number of carbonyl (C=O) groups excluding carboxylic acids is 1. The first-order valence-corrected chi connectivity index (χ1v) is 12.1. The number of aromatic nitrogens is 2. The molecule has 6 nitrogen and oxygen atoms in total. The fraction of sp³-hybridized carbons (Fsp3) is 0.481. The van der Waals surface area contributed by atoms with Crippen LogP contribution in [0.3, 0.4) is 0 Å². The molecule has 2 aromatic carbocycles. The van der Waals surface area contributed by atoms with Crippen molar-refractivity contribution in [3.05, 3.63) is 52.6 Å². The second-order valence-electron chi connectivity index (χ2n) is 9.85. The van der Waals surface area contributed by atoms with Gasteiger partial charge in [0.15, 0.2) is 0 Å². The molecule has 3 heterocycles. The van der Waals surface area contributed by atoms with E-state index in [0.29, 0.717) is 6.61 Å². The molecule has 0 spiro atoms. The van der Waals surface area contributed by atoms with Crippen LogP contribution in [0.2, 0.25) is 0 Å². The van der Waals surface area contributed by atoms with E-state index < -0.39 is 0 Å². The highest BCUT2D eigenvalue weighted by atomic mass is 16.5. The number of anilines is 1. The molecule has 2 aliphatic rings. The van der Waals surface area contributed by atoms with E-state index in [1.165, 1.54) is 22.3 Å². The van der Waals surface area contributed by atoms with Crippen LogP contribution in [0, 0.1) is 33.6 Å².